The van der Waals surface area contributed by atoms with E-state index in [1.165, 1.54) is 86.3 Å². The lowest BCUT2D eigenvalue weighted by Gasteiger charge is -2.20. The zero-order valence-electron chi connectivity index (χ0n) is 25.4. The minimum Gasteiger partial charge on any atom is -0.313 e. The van der Waals surface area contributed by atoms with E-state index in [9.17, 15) is 0 Å². The molecule has 0 bridgehead atoms. The number of hydrogen-bond acceptors (Lipinski definition) is 1. The molecular formula is C43H30N2S. The second-order valence-electron chi connectivity index (χ2n) is 12.6. The van der Waals surface area contributed by atoms with E-state index >= 15 is 0 Å². The normalized spacial score (nSPS) is 15.2. The third-order valence-corrected chi connectivity index (χ3v) is 11.1. The van der Waals surface area contributed by atoms with Crippen molar-refractivity contribution in [1.29, 1.82) is 0 Å². The lowest BCUT2D eigenvalue weighted by molar-refractivity contribution is 0.725. The molecule has 0 aliphatic heterocycles. The Morgan fingerprint density at radius 1 is 0.522 bits per heavy atom. The minimum absolute atomic E-state index is 0.456. The number of thiophene rings is 1. The number of allylic oxidation sites excluding steroid dienone is 4. The summed E-state index contributed by atoms with van der Waals surface area (Å²) >= 11 is 1.87. The molecule has 9 aromatic rings. The van der Waals surface area contributed by atoms with Crippen LogP contribution in [-0.4, -0.2) is 9.13 Å². The average Bonchev–Trinajstić information content (AvgIpc) is 3.75. The summed E-state index contributed by atoms with van der Waals surface area (Å²) in [5, 5.41) is 7.80. The van der Waals surface area contributed by atoms with E-state index in [0.717, 1.165) is 6.42 Å². The summed E-state index contributed by atoms with van der Waals surface area (Å²) in [6.45, 7) is 2.34. The molecule has 0 spiro atoms. The first-order valence-corrected chi connectivity index (χ1v) is 16.9. The van der Waals surface area contributed by atoms with E-state index < -0.39 is 0 Å². The molecule has 3 heterocycles. The maximum Gasteiger partial charge on any atom is 0.0547 e. The molecule has 0 N–H and O–H groups in total. The van der Waals surface area contributed by atoms with Crippen LogP contribution in [0.1, 0.15) is 13.3 Å². The molecule has 0 fully saturated rings. The topological polar surface area (TPSA) is 9.86 Å². The van der Waals surface area contributed by atoms with Gasteiger partial charge in [0, 0.05) is 59.0 Å². The smallest absolute Gasteiger partial charge is 0.0547 e. The molecule has 10 rings (SSSR count). The van der Waals surface area contributed by atoms with Crippen molar-refractivity contribution in [2.75, 3.05) is 0 Å². The van der Waals surface area contributed by atoms with Crippen molar-refractivity contribution in [3.8, 4) is 16.8 Å². The highest BCUT2D eigenvalue weighted by molar-refractivity contribution is 7.25. The Morgan fingerprint density at radius 3 is 1.83 bits per heavy atom. The van der Waals surface area contributed by atoms with Crippen LogP contribution in [0.2, 0.25) is 0 Å². The van der Waals surface area contributed by atoms with Gasteiger partial charge >= 0.3 is 0 Å². The number of nitrogens with zero attached hydrogens (tertiary/aromatic N) is 2. The monoisotopic (exact) mass is 606 g/mol. The summed E-state index contributed by atoms with van der Waals surface area (Å²) < 4.78 is 7.61. The summed E-state index contributed by atoms with van der Waals surface area (Å²) in [4.78, 5) is 0. The highest BCUT2D eigenvalue weighted by atomic mass is 32.1. The summed E-state index contributed by atoms with van der Waals surface area (Å²) in [6, 6.07) is 47.4. The van der Waals surface area contributed by atoms with Crippen molar-refractivity contribution < 1.29 is 0 Å². The van der Waals surface area contributed by atoms with Crippen LogP contribution in [0.4, 0.5) is 0 Å². The maximum absolute atomic E-state index is 2.50. The second kappa shape index (κ2) is 9.81. The van der Waals surface area contributed by atoms with Crippen molar-refractivity contribution in [2.45, 2.75) is 13.3 Å². The van der Waals surface area contributed by atoms with Gasteiger partial charge in [0.1, 0.15) is 0 Å². The van der Waals surface area contributed by atoms with Crippen molar-refractivity contribution in [1.82, 2.24) is 9.13 Å². The van der Waals surface area contributed by atoms with Gasteiger partial charge in [0.15, 0.2) is 0 Å². The molecule has 218 valence electrons. The first-order valence-electron chi connectivity index (χ1n) is 16.1. The molecule has 1 aliphatic rings. The molecule has 2 nitrogen and oxygen atoms in total. The van der Waals surface area contributed by atoms with Gasteiger partial charge in [-0.25, -0.2) is 0 Å². The van der Waals surface area contributed by atoms with E-state index in [-0.39, 0.29) is 0 Å². The van der Waals surface area contributed by atoms with Crippen molar-refractivity contribution in [2.24, 2.45) is 5.92 Å². The van der Waals surface area contributed by atoms with Crippen LogP contribution in [0.3, 0.4) is 0 Å². The Balaban J connectivity index is 1.21. The van der Waals surface area contributed by atoms with Gasteiger partial charge in [-0.3, -0.25) is 0 Å². The van der Waals surface area contributed by atoms with Gasteiger partial charge in [-0.1, -0.05) is 97.9 Å². The van der Waals surface area contributed by atoms with Crippen LogP contribution in [-0.2, 0) is 0 Å². The Bertz CT molecular complexity index is 2750. The zero-order valence-corrected chi connectivity index (χ0v) is 26.3. The predicted molar refractivity (Wildman–Crippen MR) is 199 cm³/mol. The first-order chi connectivity index (χ1) is 22.7. The summed E-state index contributed by atoms with van der Waals surface area (Å²) in [6.07, 6.45) is 7.85. The van der Waals surface area contributed by atoms with Gasteiger partial charge in [-0.05, 0) is 72.2 Å². The zero-order chi connectivity index (χ0) is 30.4. The van der Waals surface area contributed by atoms with Crippen molar-refractivity contribution >= 4 is 80.8 Å². The fourth-order valence-electron chi connectivity index (χ4n) is 7.74. The molecule has 0 saturated heterocycles. The number of aromatic nitrogens is 2. The van der Waals surface area contributed by atoms with E-state index in [1.807, 2.05) is 11.3 Å². The number of rotatable bonds is 3. The summed E-state index contributed by atoms with van der Waals surface area (Å²) in [5.41, 5.74) is 10.0. The predicted octanol–water partition coefficient (Wildman–Crippen LogP) is 12.4. The highest BCUT2D eigenvalue weighted by Gasteiger charge is 2.20. The Morgan fingerprint density at radius 2 is 1.11 bits per heavy atom. The largest absolute Gasteiger partial charge is 0.313 e. The SMILES string of the molecule is CC1CC=CC=C1n1c2ccccc2c2ccc(-c3ccc4c5ccccc5n(-c5ccc6sc7ccccc7c6c5)c4c3)cc21. The van der Waals surface area contributed by atoms with Gasteiger partial charge in [-0.2, -0.15) is 0 Å². The Hall–Kier alpha value is -5.38. The minimum atomic E-state index is 0.456. The molecule has 0 radical (unpaired) electrons. The molecule has 46 heavy (non-hydrogen) atoms. The van der Waals surface area contributed by atoms with Crippen LogP contribution in [0.25, 0.3) is 86.3 Å². The van der Waals surface area contributed by atoms with Gasteiger partial charge in [0.2, 0.25) is 0 Å². The lowest BCUT2D eigenvalue weighted by atomic mass is 9.98. The van der Waals surface area contributed by atoms with Gasteiger partial charge < -0.3 is 9.13 Å². The molecule has 3 heteroatoms. The Labute approximate surface area is 270 Å². The summed E-state index contributed by atoms with van der Waals surface area (Å²) in [5.74, 6) is 0.456. The quantitative estimate of drug-likeness (QED) is 0.189. The second-order valence-corrected chi connectivity index (χ2v) is 13.7. The van der Waals surface area contributed by atoms with Crippen LogP contribution in [0.5, 0.6) is 0 Å². The van der Waals surface area contributed by atoms with Gasteiger partial charge in [0.05, 0.1) is 22.1 Å². The van der Waals surface area contributed by atoms with Crippen molar-refractivity contribution in [3.63, 3.8) is 0 Å². The molecular weight excluding hydrogens is 577 g/mol. The van der Waals surface area contributed by atoms with Gasteiger partial charge in [0.25, 0.3) is 0 Å². The van der Waals surface area contributed by atoms with Crippen LogP contribution < -0.4 is 0 Å². The maximum atomic E-state index is 2.50. The van der Waals surface area contributed by atoms with E-state index in [2.05, 4.69) is 162 Å². The molecule has 6 aromatic carbocycles. The van der Waals surface area contributed by atoms with Gasteiger partial charge in [-0.15, -0.1) is 11.3 Å². The number of para-hydroxylation sites is 2. The molecule has 0 saturated carbocycles. The van der Waals surface area contributed by atoms with E-state index in [4.69, 9.17) is 0 Å². The van der Waals surface area contributed by atoms with E-state index in [0.29, 0.717) is 5.92 Å². The van der Waals surface area contributed by atoms with Crippen LogP contribution in [0.15, 0.2) is 146 Å². The number of fused-ring (bicyclic) bond motifs is 9. The molecule has 1 unspecified atom stereocenters. The molecule has 1 atom stereocenters. The molecule has 0 amide bonds. The standard InChI is InChI=1S/C43H30N2S/c1-27-10-2-6-14-37(27)45-39-16-8-4-12-32(39)34-22-19-29(25-41(34)45)28-18-21-33-31-11-3-7-15-38(31)44(40(33)24-28)30-20-23-43-36(26-30)35-13-5-9-17-42(35)46-43/h2-9,11-27H,10H2,1H3. The lowest BCUT2D eigenvalue weighted by Crippen LogP contribution is -2.07. The van der Waals surface area contributed by atoms with Crippen LogP contribution in [0, 0.1) is 5.92 Å². The van der Waals surface area contributed by atoms with Crippen molar-refractivity contribution in [3.05, 3.63) is 146 Å². The summed E-state index contributed by atoms with van der Waals surface area (Å²) in [7, 11) is 0. The number of benzene rings is 6. The third-order valence-electron chi connectivity index (χ3n) is 9.96. The third kappa shape index (κ3) is 3.70. The highest BCUT2D eigenvalue weighted by Crippen LogP contribution is 2.41. The number of hydrogen-bond donors (Lipinski definition) is 0. The fraction of sp³-hybridized carbons (Fsp3) is 0.0698. The van der Waals surface area contributed by atoms with E-state index in [1.54, 1.807) is 0 Å². The Kier molecular flexibility index (Phi) is 5.52. The first kappa shape index (κ1) is 25.9. The molecule has 1 aliphatic carbocycles. The molecule has 3 aromatic heterocycles. The van der Waals surface area contributed by atoms with Crippen LogP contribution >= 0.6 is 11.3 Å². The average molecular weight is 607 g/mol. The fourth-order valence-corrected chi connectivity index (χ4v) is 8.83.